The highest BCUT2D eigenvalue weighted by atomic mass is 79.9. The summed E-state index contributed by atoms with van der Waals surface area (Å²) < 4.78 is 11.8. The molecule has 0 fully saturated rings. The van der Waals surface area contributed by atoms with E-state index in [1.807, 2.05) is 19.1 Å². The molecule has 1 heterocycles. The van der Waals surface area contributed by atoms with Gasteiger partial charge in [-0.25, -0.2) is 0 Å². The van der Waals surface area contributed by atoms with Gasteiger partial charge in [-0.05, 0) is 58.8 Å². The summed E-state index contributed by atoms with van der Waals surface area (Å²) in [6, 6.07) is 7.43. The van der Waals surface area contributed by atoms with Gasteiger partial charge in [0, 0.05) is 11.0 Å². The van der Waals surface area contributed by atoms with Crippen LogP contribution in [-0.2, 0) is 11.3 Å². The number of thiophene rings is 1. The molecule has 0 aliphatic rings. The van der Waals surface area contributed by atoms with E-state index < -0.39 is 0 Å². The van der Waals surface area contributed by atoms with Crippen molar-refractivity contribution in [2.24, 2.45) is 0 Å². The second kappa shape index (κ2) is 9.11. The predicted molar refractivity (Wildman–Crippen MR) is 102 cm³/mol. The minimum Gasteiger partial charge on any atom is -0.491 e. The van der Waals surface area contributed by atoms with E-state index in [0.717, 1.165) is 14.2 Å². The van der Waals surface area contributed by atoms with Gasteiger partial charge in [0.05, 0.1) is 29.1 Å². The summed E-state index contributed by atoms with van der Waals surface area (Å²) in [5, 5.41) is 3.27. The molecule has 2 aromatic rings. The molecule has 0 saturated carbocycles. The first-order valence-corrected chi connectivity index (χ1v) is 9.22. The Kier molecular flexibility index (Phi) is 7.15. The molecule has 7 heteroatoms. The first-order valence-electron chi connectivity index (χ1n) is 7.24. The number of benzene rings is 1. The standard InChI is InChI=1S/C17H17BrClNO3S/c1-3-23-14-9-11(8-13(19)17(14)22-2)4-7-16(21)20-10-12-5-6-15(18)24-12/h4-9H,3,10H2,1-2H3,(H,20,21)/b7-4+. The van der Waals surface area contributed by atoms with E-state index in [4.69, 9.17) is 21.1 Å². The van der Waals surface area contributed by atoms with Gasteiger partial charge in [0.25, 0.3) is 0 Å². The van der Waals surface area contributed by atoms with Crippen molar-refractivity contribution in [1.29, 1.82) is 0 Å². The normalized spacial score (nSPS) is 10.8. The average molecular weight is 431 g/mol. The molecular formula is C17H17BrClNO3S. The van der Waals surface area contributed by atoms with E-state index in [-0.39, 0.29) is 5.91 Å². The van der Waals surface area contributed by atoms with Crippen LogP contribution in [0.4, 0.5) is 0 Å². The molecule has 0 radical (unpaired) electrons. The van der Waals surface area contributed by atoms with Crippen molar-refractivity contribution in [1.82, 2.24) is 5.32 Å². The summed E-state index contributed by atoms with van der Waals surface area (Å²) >= 11 is 11.2. The number of amides is 1. The van der Waals surface area contributed by atoms with Crippen molar-refractivity contribution in [3.63, 3.8) is 0 Å². The van der Waals surface area contributed by atoms with Crippen molar-refractivity contribution in [3.8, 4) is 11.5 Å². The number of halogens is 2. The van der Waals surface area contributed by atoms with Crippen molar-refractivity contribution in [3.05, 3.63) is 49.6 Å². The summed E-state index contributed by atoms with van der Waals surface area (Å²) in [7, 11) is 1.54. The summed E-state index contributed by atoms with van der Waals surface area (Å²) in [5.41, 5.74) is 0.762. The predicted octanol–water partition coefficient (Wildman–Crippen LogP) is 4.90. The number of carbonyl (C=O) groups excluding carboxylic acids is 1. The second-order valence-corrected chi connectivity index (χ2v) is 7.68. The third-order valence-electron chi connectivity index (χ3n) is 3.03. The monoisotopic (exact) mass is 429 g/mol. The largest absolute Gasteiger partial charge is 0.491 e. The summed E-state index contributed by atoms with van der Waals surface area (Å²) in [6.07, 6.45) is 3.16. The molecule has 0 spiro atoms. The first kappa shape index (κ1) is 18.8. The Morgan fingerprint density at radius 3 is 2.83 bits per heavy atom. The molecule has 0 saturated heterocycles. The van der Waals surface area contributed by atoms with Crippen LogP contribution in [0.5, 0.6) is 11.5 Å². The average Bonchev–Trinajstić information content (AvgIpc) is 2.96. The Morgan fingerprint density at radius 2 is 2.21 bits per heavy atom. The van der Waals surface area contributed by atoms with Crippen LogP contribution in [0.2, 0.25) is 5.02 Å². The van der Waals surface area contributed by atoms with Crippen molar-refractivity contribution in [2.75, 3.05) is 13.7 Å². The van der Waals surface area contributed by atoms with Crippen LogP contribution in [0.1, 0.15) is 17.4 Å². The molecule has 1 amide bonds. The number of nitrogens with one attached hydrogen (secondary N) is 1. The van der Waals surface area contributed by atoms with Gasteiger partial charge >= 0.3 is 0 Å². The molecule has 0 aliphatic heterocycles. The van der Waals surface area contributed by atoms with E-state index in [1.165, 1.54) is 13.2 Å². The van der Waals surface area contributed by atoms with Crippen LogP contribution < -0.4 is 14.8 Å². The number of methoxy groups -OCH3 is 1. The van der Waals surface area contributed by atoms with Gasteiger partial charge < -0.3 is 14.8 Å². The number of hydrogen-bond donors (Lipinski definition) is 1. The van der Waals surface area contributed by atoms with Crippen LogP contribution in [0.25, 0.3) is 6.08 Å². The minimum atomic E-state index is -0.176. The molecule has 4 nitrogen and oxygen atoms in total. The highest BCUT2D eigenvalue weighted by molar-refractivity contribution is 9.11. The van der Waals surface area contributed by atoms with E-state index >= 15 is 0 Å². The van der Waals surface area contributed by atoms with Crippen LogP contribution in [0.3, 0.4) is 0 Å². The molecule has 1 N–H and O–H groups in total. The lowest BCUT2D eigenvalue weighted by Gasteiger charge is -2.11. The van der Waals surface area contributed by atoms with Crippen molar-refractivity contribution < 1.29 is 14.3 Å². The maximum atomic E-state index is 11.9. The fourth-order valence-electron chi connectivity index (χ4n) is 2.00. The third-order valence-corrected chi connectivity index (χ3v) is 4.93. The molecule has 24 heavy (non-hydrogen) atoms. The van der Waals surface area contributed by atoms with Gasteiger partial charge in [-0.1, -0.05) is 11.6 Å². The van der Waals surface area contributed by atoms with Crippen molar-refractivity contribution >= 4 is 50.9 Å². The van der Waals surface area contributed by atoms with Crippen LogP contribution >= 0.6 is 38.9 Å². The van der Waals surface area contributed by atoms with E-state index in [1.54, 1.807) is 29.5 Å². The maximum absolute atomic E-state index is 11.9. The lowest BCUT2D eigenvalue weighted by molar-refractivity contribution is -0.116. The highest BCUT2D eigenvalue weighted by Gasteiger charge is 2.10. The molecule has 0 bridgehead atoms. The van der Waals surface area contributed by atoms with Gasteiger partial charge in [-0.15, -0.1) is 11.3 Å². The van der Waals surface area contributed by atoms with Crippen LogP contribution in [-0.4, -0.2) is 19.6 Å². The molecule has 0 atom stereocenters. The number of carbonyl (C=O) groups is 1. The van der Waals surface area contributed by atoms with Crippen molar-refractivity contribution in [2.45, 2.75) is 13.5 Å². The fraction of sp³-hybridized carbons (Fsp3) is 0.235. The number of rotatable bonds is 7. The first-order chi connectivity index (χ1) is 11.5. The van der Waals surface area contributed by atoms with Crippen LogP contribution in [0.15, 0.2) is 34.1 Å². The Bertz CT molecular complexity index is 745. The molecule has 0 unspecified atom stereocenters. The minimum absolute atomic E-state index is 0.176. The summed E-state index contributed by atoms with van der Waals surface area (Å²) in [4.78, 5) is 13.0. The van der Waals surface area contributed by atoms with Gasteiger partial charge in [0.2, 0.25) is 5.91 Å². The Balaban J connectivity index is 2.03. The van der Waals surface area contributed by atoms with Gasteiger partial charge in [-0.2, -0.15) is 0 Å². The summed E-state index contributed by atoms with van der Waals surface area (Å²) in [5.74, 6) is 0.865. The molecule has 1 aromatic carbocycles. The van der Waals surface area contributed by atoms with Gasteiger partial charge in [0.1, 0.15) is 0 Å². The number of ether oxygens (including phenoxy) is 2. The zero-order valence-electron chi connectivity index (χ0n) is 13.3. The molecule has 128 valence electrons. The van der Waals surface area contributed by atoms with E-state index in [2.05, 4.69) is 21.2 Å². The quantitative estimate of drug-likeness (QED) is 0.636. The maximum Gasteiger partial charge on any atom is 0.244 e. The van der Waals surface area contributed by atoms with E-state index in [9.17, 15) is 4.79 Å². The Morgan fingerprint density at radius 1 is 1.42 bits per heavy atom. The zero-order chi connectivity index (χ0) is 17.5. The molecule has 0 aliphatic carbocycles. The fourth-order valence-corrected chi connectivity index (χ4v) is 3.72. The topological polar surface area (TPSA) is 47.6 Å². The SMILES string of the molecule is CCOc1cc(/C=C/C(=O)NCc2ccc(Br)s2)cc(Cl)c1OC. The lowest BCUT2D eigenvalue weighted by Crippen LogP contribution is -2.19. The molecule has 2 rings (SSSR count). The summed E-state index contributed by atoms with van der Waals surface area (Å²) in [6.45, 7) is 2.87. The second-order valence-electron chi connectivity index (χ2n) is 4.72. The molecular weight excluding hydrogens is 414 g/mol. The number of hydrogen-bond acceptors (Lipinski definition) is 4. The van der Waals surface area contributed by atoms with E-state index in [0.29, 0.717) is 29.7 Å². The zero-order valence-corrected chi connectivity index (χ0v) is 16.4. The Labute approximate surface area is 158 Å². The van der Waals surface area contributed by atoms with Gasteiger partial charge in [-0.3, -0.25) is 4.79 Å². The Hall–Kier alpha value is -1.50. The van der Waals surface area contributed by atoms with Crippen LogP contribution in [0, 0.1) is 0 Å². The smallest absolute Gasteiger partial charge is 0.244 e. The highest BCUT2D eigenvalue weighted by Crippen LogP contribution is 2.36. The molecule has 1 aromatic heterocycles. The van der Waals surface area contributed by atoms with Gasteiger partial charge in [0.15, 0.2) is 11.5 Å². The lowest BCUT2D eigenvalue weighted by atomic mass is 10.2. The third kappa shape index (κ3) is 5.26.